The number of aromatic nitrogens is 1. The van der Waals surface area contributed by atoms with Crippen LogP contribution in [0.5, 0.6) is 0 Å². The second-order valence-electron chi connectivity index (χ2n) is 10.2. The van der Waals surface area contributed by atoms with Crippen LogP contribution in [0.2, 0.25) is 9.36 Å². The topological polar surface area (TPSA) is 129 Å². The molecule has 1 aliphatic carbocycles. The van der Waals surface area contributed by atoms with Gasteiger partial charge in [0.1, 0.15) is 16.1 Å². The largest absolute Gasteiger partial charge is 0.480 e. The van der Waals surface area contributed by atoms with Crippen LogP contribution < -0.4 is 5.32 Å². The van der Waals surface area contributed by atoms with Gasteiger partial charge in [0.25, 0.3) is 11.8 Å². The molecule has 3 aromatic rings. The first kappa shape index (κ1) is 27.9. The zero-order valence-electron chi connectivity index (χ0n) is 21.1. The first-order chi connectivity index (χ1) is 17.8. The maximum atomic E-state index is 13.5. The summed E-state index contributed by atoms with van der Waals surface area (Å²) in [4.78, 5) is 55.2. The van der Waals surface area contributed by atoms with E-state index in [1.165, 1.54) is 23.2 Å². The minimum atomic E-state index is -1.28. The van der Waals surface area contributed by atoms with E-state index in [1.54, 1.807) is 32.9 Å². The number of H-pyrrole nitrogens is 1. The van der Waals surface area contributed by atoms with Crippen molar-refractivity contribution in [3.63, 3.8) is 0 Å². The Morgan fingerprint density at radius 1 is 1.24 bits per heavy atom. The van der Waals surface area contributed by atoms with E-state index in [1.807, 2.05) is 18.2 Å². The molecule has 2 amide bonds. The van der Waals surface area contributed by atoms with Gasteiger partial charge in [-0.15, -0.1) is 11.3 Å². The third-order valence-corrected chi connectivity index (χ3v) is 8.38. The molecule has 0 saturated carbocycles. The Bertz CT molecular complexity index is 1430. The van der Waals surface area contributed by atoms with Crippen LogP contribution in [0.25, 0.3) is 10.2 Å². The first-order valence-corrected chi connectivity index (χ1v) is 13.4. The van der Waals surface area contributed by atoms with Gasteiger partial charge in [0, 0.05) is 6.92 Å². The summed E-state index contributed by atoms with van der Waals surface area (Å²) in [6.45, 7) is 5.69. The molecule has 1 aliphatic rings. The molecule has 0 radical (unpaired) electrons. The van der Waals surface area contributed by atoms with Crippen LogP contribution in [0.3, 0.4) is 0 Å². The van der Waals surface area contributed by atoms with E-state index in [2.05, 4.69) is 10.3 Å². The number of carboxylic acid groups (broad SMARTS) is 1. The van der Waals surface area contributed by atoms with Gasteiger partial charge in [0.05, 0.1) is 27.3 Å². The molecule has 0 spiro atoms. The van der Waals surface area contributed by atoms with Crippen molar-refractivity contribution in [1.82, 2.24) is 15.2 Å². The number of carbonyl (C=O) groups is 4. The lowest BCUT2D eigenvalue weighted by atomic mass is 9.83. The fourth-order valence-corrected chi connectivity index (χ4v) is 6.42. The van der Waals surface area contributed by atoms with E-state index in [9.17, 15) is 24.3 Å². The van der Waals surface area contributed by atoms with Crippen molar-refractivity contribution >= 4 is 68.5 Å². The highest BCUT2D eigenvalue weighted by Gasteiger charge is 2.48. The van der Waals surface area contributed by atoms with Crippen LogP contribution in [0.1, 0.15) is 55.4 Å². The van der Waals surface area contributed by atoms with Crippen molar-refractivity contribution < 1.29 is 29.0 Å². The number of ether oxygens (including phenoxy) is 1. The van der Waals surface area contributed by atoms with Gasteiger partial charge >= 0.3 is 11.9 Å². The van der Waals surface area contributed by atoms with E-state index in [-0.39, 0.29) is 5.69 Å². The predicted octanol–water partition coefficient (Wildman–Crippen LogP) is 4.82. The fourth-order valence-electron chi connectivity index (χ4n) is 4.94. The van der Waals surface area contributed by atoms with Crippen LogP contribution in [-0.2, 0) is 25.5 Å². The number of carboxylic acids is 1. The summed E-state index contributed by atoms with van der Waals surface area (Å²) in [6.07, 6.45) is 0.363. The third kappa shape index (κ3) is 5.39. The minimum absolute atomic E-state index is 0.253. The van der Waals surface area contributed by atoms with Crippen LogP contribution in [0.15, 0.2) is 30.3 Å². The first-order valence-electron chi connectivity index (χ1n) is 11.8. The molecule has 2 aromatic heterocycles. The summed E-state index contributed by atoms with van der Waals surface area (Å²) in [5.41, 5.74) is 1.50. The quantitative estimate of drug-likeness (QED) is 0.344. The highest BCUT2D eigenvalue weighted by atomic mass is 35.5. The Hall–Kier alpha value is -3.08. The van der Waals surface area contributed by atoms with E-state index < -0.39 is 53.9 Å². The number of esters is 1. The smallest absolute Gasteiger partial charge is 0.326 e. The second-order valence-corrected chi connectivity index (χ2v) is 12.3. The molecule has 0 aliphatic heterocycles. The van der Waals surface area contributed by atoms with E-state index >= 15 is 0 Å². The molecule has 3 atom stereocenters. The maximum Gasteiger partial charge on any atom is 0.326 e. The highest BCUT2D eigenvalue weighted by molar-refractivity contribution is 7.23. The lowest BCUT2D eigenvalue weighted by molar-refractivity contribution is -0.163. The number of carbonyl (C=O) groups excluding carboxylic acids is 3. The second kappa shape index (κ2) is 10.6. The number of aliphatic carboxylic acids is 1. The molecule has 202 valence electrons. The normalized spacial score (nSPS) is 17.6. The average Bonchev–Trinajstić information content (AvgIpc) is 3.47. The number of benzene rings is 1. The molecule has 4 rings (SSSR count). The molecule has 9 nitrogen and oxygen atoms in total. The zero-order chi connectivity index (χ0) is 27.9. The van der Waals surface area contributed by atoms with Crippen LogP contribution in [0.4, 0.5) is 0 Å². The fraction of sp³-hybridized carbons (Fsp3) is 0.385. The Kier molecular flexibility index (Phi) is 7.79. The number of amides is 2. The summed E-state index contributed by atoms with van der Waals surface area (Å²) in [5.74, 6) is -2.99. The SMILES string of the molecule is CC(=O)OCC(=O)N(C(C(=O)O)C(C)(C)C)[C@@H]1c2ccccc2C[C@H]1NC(=O)c1cc2sc(Cl)c(Cl)c2[nH]1. The van der Waals surface area contributed by atoms with Crippen molar-refractivity contribution in [3.8, 4) is 0 Å². The van der Waals surface area contributed by atoms with Gasteiger partial charge in [0.2, 0.25) is 0 Å². The molecule has 2 heterocycles. The highest BCUT2D eigenvalue weighted by Crippen LogP contribution is 2.42. The lowest BCUT2D eigenvalue weighted by Gasteiger charge is -2.43. The molecular formula is C26H27Cl2N3O6S. The van der Waals surface area contributed by atoms with Crippen LogP contribution >= 0.6 is 34.5 Å². The van der Waals surface area contributed by atoms with E-state index in [0.29, 0.717) is 31.6 Å². The number of aromatic amines is 1. The molecule has 1 aromatic carbocycles. The Balaban J connectivity index is 1.75. The number of rotatable bonds is 7. The number of fused-ring (bicyclic) bond motifs is 2. The number of nitrogens with zero attached hydrogens (tertiary/aromatic N) is 1. The average molecular weight is 580 g/mol. The molecule has 0 bridgehead atoms. The van der Waals surface area contributed by atoms with Crippen molar-refractivity contribution in [3.05, 3.63) is 56.5 Å². The minimum Gasteiger partial charge on any atom is -0.480 e. The molecule has 12 heteroatoms. The summed E-state index contributed by atoms with van der Waals surface area (Å²) < 4.78 is 6.10. The Morgan fingerprint density at radius 2 is 1.92 bits per heavy atom. The molecule has 0 fully saturated rings. The standard InChI is InChI=1S/C26H27Cl2N3O6S/c1-12(32)37-11-18(33)31(22(25(35)36)26(2,3)4)21-14-8-6-5-7-13(14)9-15(21)30-24(34)16-10-17-20(29-16)19(27)23(28)38-17/h5-8,10,15,21-22,29H,9,11H2,1-4H3,(H,30,34)(H,35,36)/t15-,21-,22?/m1/s1. The number of nitrogens with one attached hydrogen (secondary N) is 2. The number of hydrogen-bond acceptors (Lipinski definition) is 6. The number of hydrogen-bond donors (Lipinski definition) is 3. The predicted molar refractivity (Wildman–Crippen MR) is 145 cm³/mol. The molecular weight excluding hydrogens is 553 g/mol. The van der Waals surface area contributed by atoms with Gasteiger partial charge in [0.15, 0.2) is 6.61 Å². The van der Waals surface area contributed by atoms with Gasteiger partial charge < -0.3 is 25.0 Å². The number of thiophene rings is 1. The molecule has 0 saturated heterocycles. The maximum absolute atomic E-state index is 13.5. The third-order valence-electron chi connectivity index (χ3n) is 6.45. The van der Waals surface area contributed by atoms with Gasteiger partial charge in [-0.1, -0.05) is 68.2 Å². The lowest BCUT2D eigenvalue weighted by Crippen LogP contribution is -2.57. The molecule has 38 heavy (non-hydrogen) atoms. The molecule has 1 unspecified atom stereocenters. The summed E-state index contributed by atoms with van der Waals surface area (Å²) in [7, 11) is 0. The van der Waals surface area contributed by atoms with Crippen molar-refractivity contribution in [2.75, 3.05) is 6.61 Å². The monoisotopic (exact) mass is 579 g/mol. The van der Waals surface area contributed by atoms with E-state index in [4.69, 9.17) is 27.9 Å². The summed E-state index contributed by atoms with van der Waals surface area (Å²) >= 11 is 13.6. The van der Waals surface area contributed by atoms with Crippen LogP contribution in [0, 0.1) is 5.41 Å². The van der Waals surface area contributed by atoms with Gasteiger partial charge in [-0.05, 0) is 29.0 Å². The Morgan fingerprint density at radius 3 is 2.53 bits per heavy atom. The van der Waals surface area contributed by atoms with Gasteiger partial charge in [-0.3, -0.25) is 14.4 Å². The van der Waals surface area contributed by atoms with Crippen molar-refractivity contribution in [2.45, 2.75) is 52.2 Å². The number of halogens is 2. The van der Waals surface area contributed by atoms with Gasteiger partial charge in [-0.25, -0.2) is 4.79 Å². The summed E-state index contributed by atoms with van der Waals surface area (Å²) in [5, 5.41) is 13.6. The van der Waals surface area contributed by atoms with Crippen molar-refractivity contribution in [2.24, 2.45) is 5.41 Å². The van der Waals surface area contributed by atoms with Crippen LogP contribution in [-0.4, -0.2) is 57.4 Å². The van der Waals surface area contributed by atoms with E-state index in [0.717, 1.165) is 5.56 Å². The zero-order valence-corrected chi connectivity index (χ0v) is 23.5. The Labute approximate surface area is 233 Å². The summed E-state index contributed by atoms with van der Waals surface area (Å²) in [6, 6.07) is 6.20. The molecule has 3 N–H and O–H groups in total. The van der Waals surface area contributed by atoms with Gasteiger partial charge in [-0.2, -0.15) is 0 Å². The van der Waals surface area contributed by atoms with Crippen molar-refractivity contribution in [1.29, 1.82) is 0 Å².